The van der Waals surface area contributed by atoms with Gasteiger partial charge in [-0.2, -0.15) is 0 Å². The molecule has 0 amide bonds. The largest absolute Gasteiger partial charge is 0.464 e. The number of esters is 1. The molecule has 4 nitrogen and oxygen atoms in total. The third-order valence-corrected chi connectivity index (χ3v) is 3.54. The predicted molar refractivity (Wildman–Crippen MR) is 83.5 cm³/mol. The van der Waals surface area contributed by atoms with Crippen molar-refractivity contribution in [2.45, 2.75) is 39.5 Å². The van der Waals surface area contributed by atoms with Crippen LogP contribution in [0.3, 0.4) is 0 Å². The third kappa shape index (κ3) is 3.15. The fraction of sp³-hybridized carbons (Fsp3) is 0.412. The lowest BCUT2D eigenvalue weighted by molar-refractivity contribution is 0.0593. The van der Waals surface area contributed by atoms with Crippen LogP contribution in [0.4, 0.5) is 0 Å². The minimum Gasteiger partial charge on any atom is -0.464 e. The fourth-order valence-electron chi connectivity index (χ4n) is 2.22. The van der Waals surface area contributed by atoms with Crippen molar-refractivity contribution < 1.29 is 9.53 Å². The maximum atomic E-state index is 11.8. The summed E-state index contributed by atoms with van der Waals surface area (Å²) in [4.78, 5) is 19.5. The zero-order valence-corrected chi connectivity index (χ0v) is 13.2. The highest BCUT2D eigenvalue weighted by Gasteiger charge is 2.20. The van der Waals surface area contributed by atoms with Crippen LogP contribution in [0, 0.1) is 0 Å². The van der Waals surface area contributed by atoms with Gasteiger partial charge in [-0.1, -0.05) is 52.0 Å². The molecule has 0 radical (unpaired) electrons. The quantitative estimate of drug-likeness (QED) is 0.860. The Kier molecular flexibility index (Phi) is 4.46. The molecule has 1 heterocycles. The average Bonchev–Trinajstić information content (AvgIpc) is 2.92. The summed E-state index contributed by atoms with van der Waals surface area (Å²) in [7, 11) is 1.37. The molecule has 1 aromatic heterocycles. The Morgan fingerprint density at radius 2 is 1.71 bits per heavy atom. The van der Waals surface area contributed by atoms with Gasteiger partial charge in [0.25, 0.3) is 0 Å². The van der Waals surface area contributed by atoms with Gasteiger partial charge in [0.1, 0.15) is 5.82 Å². The number of nitrogens with one attached hydrogen (secondary N) is 1. The Hall–Kier alpha value is -2.10. The first-order chi connectivity index (χ1) is 9.93. The normalized spacial score (nSPS) is 11.2. The first-order valence-corrected chi connectivity index (χ1v) is 7.22. The number of carbonyl (C=O) groups excluding carboxylic acids is 1. The fourth-order valence-corrected chi connectivity index (χ4v) is 2.22. The summed E-state index contributed by atoms with van der Waals surface area (Å²) in [6.07, 6.45) is 0. The van der Waals surface area contributed by atoms with Gasteiger partial charge >= 0.3 is 5.97 Å². The molecule has 0 aliphatic rings. The van der Waals surface area contributed by atoms with Crippen molar-refractivity contribution in [2.24, 2.45) is 0 Å². The molecule has 2 aromatic rings. The van der Waals surface area contributed by atoms with Crippen LogP contribution in [0.5, 0.6) is 0 Å². The molecule has 2 rings (SSSR count). The Morgan fingerprint density at radius 1 is 1.10 bits per heavy atom. The summed E-state index contributed by atoms with van der Waals surface area (Å²) >= 11 is 0. The minimum absolute atomic E-state index is 0.176. The SMILES string of the molecule is COC(=O)c1nc(-c2ccc(C(C)C)cc2)[nH]c1C(C)C. The molecule has 0 saturated heterocycles. The zero-order chi connectivity index (χ0) is 15.6. The van der Waals surface area contributed by atoms with Crippen molar-refractivity contribution >= 4 is 5.97 Å². The Balaban J connectivity index is 2.42. The van der Waals surface area contributed by atoms with Crippen LogP contribution in [0.15, 0.2) is 24.3 Å². The number of hydrogen-bond acceptors (Lipinski definition) is 3. The number of nitrogens with zero attached hydrogens (tertiary/aromatic N) is 1. The van der Waals surface area contributed by atoms with Gasteiger partial charge in [-0.05, 0) is 17.4 Å². The number of H-pyrrole nitrogens is 1. The molecule has 0 unspecified atom stereocenters. The molecule has 0 fully saturated rings. The van der Waals surface area contributed by atoms with Crippen LogP contribution in [-0.2, 0) is 4.74 Å². The lowest BCUT2D eigenvalue weighted by atomic mass is 10.0. The number of ether oxygens (including phenoxy) is 1. The van der Waals surface area contributed by atoms with E-state index in [1.807, 2.05) is 26.0 Å². The molecule has 112 valence electrons. The maximum Gasteiger partial charge on any atom is 0.358 e. The second kappa shape index (κ2) is 6.12. The summed E-state index contributed by atoms with van der Waals surface area (Å²) in [6, 6.07) is 8.24. The first-order valence-electron chi connectivity index (χ1n) is 7.22. The second-order valence-corrected chi connectivity index (χ2v) is 5.77. The number of rotatable bonds is 4. The molecule has 21 heavy (non-hydrogen) atoms. The summed E-state index contributed by atoms with van der Waals surface area (Å²) in [5, 5.41) is 0. The minimum atomic E-state index is -0.403. The zero-order valence-electron chi connectivity index (χ0n) is 13.2. The second-order valence-electron chi connectivity index (χ2n) is 5.77. The van der Waals surface area contributed by atoms with E-state index < -0.39 is 5.97 Å². The van der Waals surface area contributed by atoms with E-state index in [0.29, 0.717) is 17.4 Å². The molecule has 1 N–H and O–H groups in total. The highest BCUT2D eigenvalue weighted by Crippen LogP contribution is 2.25. The van der Waals surface area contributed by atoms with Crippen molar-refractivity contribution in [3.05, 3.63) is 41.2 Å². The maximum absolute atomic E-state index is 11.8. The number of carbonyl (C=O) groups is 1. The highest BCUT2D eigenvalue weighted by atomic mass is 16.5. The summed E-state index contributed by atoms with van der Waals surface area (Å²) in [6.45, 7) is 8.36. The van der Waals surface area contributed by atoms with E-state index in [9.17, 15) is 4.79 Å². The standard InChI is InChI=1S/C17H22N2O2/c1-10(2)12-6-8-13(9-7-12)16-18-14(11(3)4)15(19-16)17(20)21-5/h6-11H,1-5H3,(H,18,19). The number of imidazole rings is 1. The van der Waals surface area contributed by atoms with Crippen LogP contribution in [-0.4, -0.2) is 23.0 Å². The average molecular weight is 286 g/mol. The van der Waals surface area contributed by atoms with Crippen LogP contribution >= 0.6 is 0 Å². The van der Waals surface area contributed by atoms with E-state index in [4.69, 9.17) is 4.74 Å². The van der Waals surface area contributed by atoms with E-state index >= 15 is 0 Å². The van der Waals surface area contributed by atoms with E-state index in [0.717, 1.165) is 11.3 Å². The number of benzene rings is 1. The van der Waals surface area contributed by atoms with E-state index in [1.165, 1.54) is 12.7 Å². The van der Waals surface area contributed by atoms with E-state index in [1.54, 1.807) is 0 Å². The van der Waals surface area contributed by atoms with Crippen molar-refractivity contribution in [1.29, 1.82) is 0 Å². The number of methoxy groups -OCH3 is 1. The lowest BCUT2D eigenvalue weighted by Crippen LogP contribution is -2.06. The highest BCUT2D eigenvalue weighted by molar-refractivity contribution is 5.89. The van der Waals surface area contributed by atoms with Gasteiger partial charge in [-0.3, -0.25) is 0 Å². The number of hydrogen-bond donors (Lipinski definition) is 1. The van der Waals surface area contributed by atoms with Gasteiger partial charge in [0.15, 0.2) is 5.69 Å². The smallest absolute Gasteiger partial charge is 0.358 e. The molecular weight excluding hydrogens is 264 g/mol. The van der Waals surface area contributed by atoms with Gasteiger partial charge in [0.2, 0.25) is 0 Å². The van der Waals surface area contributed by atoms with Crippen molar-refractivity contribution in [2.75, 3.05) is 7.11 Å². The molecule has 0 atom stereocenters. The molecule has 0 spiro atoms. The van der Waals surface area contributed by atoms with Gasteiger partial charge in [-0.15, -0.1) is 0 Å². The molecule has 0 aliphatic carbocycles. The molecule has 1 aromatic carbocycles. The van der Waals surface area contributed by atoms with E-state index in [-0.39, 0.29) is 5.92 Å². The molecular formula is C17H22N2O2. The molecule has 0 aliphatic heterocycles. The Bertz CT molecular complexity index is 625. The van der Waals surface area contributed by atoms with Crippen LogP contribution in [0.1, 0.15) is 61.3 Å². The van der Waals surface area contributed by atoms with E-state index in [2.05, 4.69) is 35.9 Å². The van der Waals surface area contributed by atoms with Crippen LogP contribution in [0.25, 0.3) is 11.4 Å². The van der Waals surface area contributed by atoms with Crippen molar-refractivity contribution in [3.8, 4) is 11.4 Å². The molecule has 4 heteroatoms. The third-order valence-electron chi connectivity index (χ3n) is 3.54. The monoisotopic (exact) mass is 286 g/mol. The number of aromatic amines is 1. The van der Waals surface area contributed by atoms with Crippen LogP contribution in [0.2, 0.25) is 0 Å². The Morgan fingerprint density at radius 3 is 2.19 bits per heavy atom. The van der Waals surface area contributed by atoms with Crippen molar-refractivity contribution in [1.82, 2.24) is 9.97 Å². The van der Waals surface area contributed by atoms with Crippen LogP contribution < -0.4 is 0 Å². The van der Waals surface area contributed by atoms with Gasteiger partial charge in [0, 0.05) is 5.56 Å². The summed E-state index contributed by atoms with van der Waals surface area (Å²) < 4.78 is 4.81. The van der Waals surface area contributed by atoms with Gasteiger partial charge in [-0.25, -0.2) is 9.78 Å². The summed E-state index contributed by atoms with van der Waals surface area (Å²) in [5.74, 6) is 0.970. The summed E-state index contributed by atoms with van der Waals surface area (Å²) in [5.41, 5.74) is 3.43. The Labute approximate surface area is 125 Å². The van der Waals surface area contributed by atoms with Gasteiger partial charge in [0.05, 0.1) is 12.8 Å². The molecule has 0 saturated carbocycles. The molecule has 0 bridgehead atoms. The first kappa shape index (κ1) is 15.3. The predicted octanol–water partition coefficient (Wildman–Crippen LogP) is 4.11. The lowest BCUT2D eigenvalue weighted by Gasteiger charge is -2.05. The number of aromatic nitrogens is 2. The van der Waals surface area contributed by atoms with Crippen molar-refractivity contribution in [3.63, 3.8) is 0 Å². The topological polar surface area (TPSA) is 55.0 Å². The van der Waals surface area contributed by atoms with Gasteiger partial charge < -0.3 is 9.72 Å².